The van der Waals surface area contributed by atoms with Gasteiger partial charge in [-0.15, -0.1) is 24.8 Å². The molecule has 0 nitrogen and oxygen atoms in total. The molecule has 2 unspecified atom stereocenters. The summed E-state index contributed by atoms with van der Waals surface area (Å²) < 4.78 is 47.6. The van der Waals surface area contributed by atoms with Crippen LogP contribution in [0.1, 0.15) is 124 Å². The molecule has 0 aromatic heterocycles. The normalized spacial score (nSPS) is 20.2. The number of hydrogen-bond donors (Lipinski definition) is 0. The van der Waals surface area contributed by atoms with Crippen LogP contribution in [-0.4, -0.2) is 13.1 Å². The van der Waals surface area contributed by atoms with E-state index >= 15 is 0 Å². The van der Waals surface area contributed by atoms with Gasteiger partial charge in [0.2, 0.25) is 0 Å². The fourth-order valence-corrected chi connectivity index (χ4v) is 35.4. The number of fused-ring (bicyclic) bond motifs is 2. The molecule has 4 aromatic rings. The van der Waals surface area contributed by atoms with E-state index in [1.807, 2.05) is 0 Å². The van der Waals surface area contributed by atoms with Gasteiger partial charge in [-0.3, -0.25) is 0 Å². The molecule has 57 heavy (non-hydrogen) atoms. The Kier molecular flexibility index (Phi) is 13.9. The van der Waals surface area contributed by atoms with Crippen molar-refractivity contribution in [3.05, 3.63) is 129 Å². The first-order valence-corrected chi connectivity index (χ1v) is 34.3. The van der Waals surface area contributed by atoms with Crippen molar-refractivity contribution < 1.29 is 30.6 Å². The van der Waals surface area contributed by atoms with Crippen molar-refractivity contribution >= 4 is 43.8 Å². The van der Waals surface area contributed by atoms with Gasteiger partial charge in [0, 0.05) is 0 Å². The molecular formula is C50H61Cl2F3SiZr. The van der Waals surface area contributed by atoms with Crippen LogP contribution in [0.25, 0.3) is 34.4 Å². The fraction of sp³-hybridized carbons (Fsp3) is 0.440. The number of halogens is 5. The average Bonchev–Trinajstić information content (AvgIpc) is 3.75. The van der Waals surface area contributed by atoms with Crippen LogP contribution in [0.3, 0.4) is 0 Å². The summed E-state index contributed by atoms with van der Waals surface area (Å²) in [4.78, 5) is 0. The van der Waals surface area contributed by atoms with E-state index in [2.05, 4.69) is 122 Å². The number of hydrogen-bond acceptors (Lipinski definition) is 0. The average molecular weight is 909 g/mol. The maximum absolute atomic E-state index is 14.9. The van der Waals surface area contributed by atoms with Gasteiger partial charge in [0.1, 0.15) is 0 Å². The first-order chi connectivity index (χ1) is 26.4. The molecular weight excluding hydrogens is 848 g/mol. The molecule has 0 spiro atoms. The summed E-state index contributed by atoms with van der Waals surface area (Å²) in [6.45, 7) is 6.41. The molecule has 2 atom stereocenters. The van der Waals surface area contributed by atoms with Gasteiger partial charge >= 0.3 is 333 Å². The van der Waals surface area contributed by atoms with E-state index in [1.54, 1.807) is 0 Å². The fourth-order valence-electron chi connectivity index (χ4n) is 11.7. The molecule has 2 saturated carbocycles. The van der Waals surface area contributed by atoms with Crippen LogP contribution in [-0.2, 0) is 17.4 Å². The van der Waals surface area contributed by atoms with Crippen molar-refractivity contribution in [1.29, 1.82) is 0 Å². The van der Waals surface area contributed by atoms with Gasteiger partial charge in [0.15, 0.2) is 0 Å². The van der Waals surface area contributed by atoms with Crippen LogP contribution in [0.2, 0.25) is 8.76 Å². The minimum Gasteiger partial charge on any atom is -0.147 e. The third-order valence-electron chi connectivity index (χ3n) is 14.4. The maximum atomic E-state index is 14.9. The Morgan fingerprint density at radius 3 is 1.33 bits per heavy atom. The molecule has 0 heterocycles. The van der Waals surface area contributed by atoms with Crippen LogP contribution >= 0.6 is 24.8 Å². The Morgan fingerprint density at radius 2 is 0.965 bits per heavy atom. The molecule has 4 aromatic carbocycles. The van der Waals surface area contributed by atoms with Gasteiger partial charge in [0.05, 0.1) is 0 Å². The van der Waals surface area contributed by atoms with E-state index in [9.17, 15) is 13.2 Å². The second-order valence-corrected chi connectivity index (χ2v) is 47.1. The van der Waals surface area contributed by atoms with E-state index in [1.165, 1.54) is 131 Å². The number of alkyl halides is 3. The zero-order valence-electron chi connectivity index (χ0n) is 34.1. The van der Waals surface area contributed by atoms with Crippen LogP contribution in [0.4, 0.5) is 13.2 Å². The van der Waals surface area contributed by atoms with Crippen LogP contribution in [0, 0.1) is 25.7 Å². The molecule has 0 bridgehead atoms. The predicted octanol–water partition coefficient (Wildman–Crippen LogP) is 15.7. The second-order valence-electron chi connectivity index (χ2n) is 18.7. The molecule has 0 amide bonds. The van der Waals surface area contributed by atoms with Crippen LogP contribution in [0.15, 0.2) is 96.1 Å². The first kappa shape index (κ1) is 44.4. The molecule has 8 rings (SSSR count). The Labute approximate surface area is 354 Å². The zero-order chi connectivity index (χ0) is 38.4. The summed E-state index contributed by atoms with van der Waals surface area (Å²) in [5, 5.41) is 0. The summed E-state index contributed by atoms with van der Waals surface area (Å²) in [5.41, 5.74) is 15.4. The van der Waals surface area contributed by atoms with E-state index in [0.29, 0.717) is 11.8 Å². The molecule has 2 fully saturated rings. The summed E-state index contributed by atoms with van der Waals surface area (Å²) in [6, 6.07) is 31.2. The van der Waals surface area contributed by atoms with E-state index in [0.717, 1.165) is 12.8 Å². The van der Waals surface area contributed by atoms with Gasteiger partial charge in [-0.05, 0) is 0 Å². The SMILES string of the molecule is Cc1ccc(-c2cccc3c2C=C(CC2CCCCC2)[CH]3[Zr]([CH3])(=[SiH2])([CH2]CC(F)(F)F)[CH]2C(CC3CCCCC3)=Cc3c(-c4ccc(C)cc4)cccc32)cc1.Cl.Cl. The zero-order valence-corrected chi connectivity index (χ0v) is 39.6. The van der Waals surface area contributed by atoms with Gasteiger partial charge in [-0.25, -0.2) is 0 Å². The molecule has 0 saturated heterocycles. The number of aryl methyl sites for hydroxylation is 2. The monoisotopic (exact) mass is 906 g/mol. The van der Waals surface area contributed by atoms with Crippen molar-refractivity contribution in [3.8, 4) is 22.3 Å². The van der Waals surface area contributed by atoms with Gasteiger partial charge in [0.25, 0.3) is 0 Å². The third kappa shape index (κ3) is 9.13. The molecule has 0 radical (unpaired) electrons. The Hall–Kier alpha value is -2.17. The molecule has 304 valence electrons. The first-order valence-electron chi connectivity index (χ1n) is 21.3. The molecule has 7 heteroatoms. The van der Waals surface area contributed by atoms with Crippen molar-refractivity contribution in [2.24, 2.45) is 11.8 Å². The van der Waals surface area contributed by atoms with Gasteiger partial charge in [-0.1, -0.05) is 0 Å². The molecule has 4 aliphatic carbocycles. The minimum atomic E-state index is -4.77. The third-order valence-corrected chi connectivity index (χ3v) is 37.3. The van der Waals surface area contributed by atoms with Crippen LogP contribution < -0.4 is 0 Å². The maximum Gasteiger partial charge on any atom is -0.147 e. The topological polar surface area (TPSA) is 0 Å². The number of allylic oxidation sites excluding steroid dienone is 2. The Balaban J connectivity index is 0.00000275. The van der Waals surface area contributed by atoms with Crippen molar-refractivity contribution in [1.82, 2.24) is 0 Å². The predicted molar refractivity (Wildman–Crippen MR) is 241 cm³/mol. The van der Waals surface area contributed by atoms with Gasteiger partial charge in [-0.2, -0.15) is 0 Å². The Bertz CT molecular complexity index is 2030. The smallest absolute Gasteiger partial charge is 0.147 e. The van der Waals surface area contributed by atoms with Gasteiger partial charge < -0.3 is 0 Å². The minimum absolute atomic E-state index is 0. The Morgan fingerprint density at radius 1 is 0.579 bits per heavy atom. The molecule has 4 aliphatic rings. The molecule has 0 N–H and O–H groups in total. The van der Waals surface area contributed by atoms with Crippen molar-refractivity contribution in [3.63, 3.8) is 0 Å². The van der Waals surface area contributed by atoms with Crippen molar-refractivity contribution in [2.75, 3.05) is 0 Å². The summed E-state index contributed by atoms with van der Waals surface area (Å²) in [5.74, 6) is 1.21. The van der Waals surface area contributed by atoms with Crippen LogP contribution in [0.5, 0.6) is 0 Å². The number of rotatable bonds is 10. The summed E-state index contributed by atoms with van der Waals surface area (Å²) in [6.07, 6.45) is 14.7. The second kappa shape index (κ2) is 17.8. The van der Waals surface area contributed by atoms with Crippen molar-refractivity contribution in [2.45, 2.75) is 120 Å². The quantitative estimate of drug-likeness (QED) is 0.139. The van der Waals surface area contributed by atoms with E-state index < -0.39 is 30.0 Å². The summed E-state index contributed by atoms with van der Waals surface area (Å²) >= 11 is -4.77. The largest absolute Gasteiger partial charge is 0.147 e. The number of benzene rings is 4. The summed E-state index contributed by atoms with van der Waals surface area (Å²) in [7, 11) is 0. The molecule has 0 aliphatic heterocycles. The standard InChI is InChI=1S/2C23H25.C3H4F3.CH3.2ClH.H2Si.Zr/c2*1-17-10-12-20(13-11-17)22-9-5-8-21-15-19(16-23(21)22)14-18-6-3-2-4-7-18;1-2-3(4,5)6;;;;;/h2*5,8-13,15-16,18H,2-4,6-7,14H2,1H3;1-2H2;1H3;2*1H;1H2;. The van der Waals surface area contributed by atoms with E-state index in [-0.39, 0.29) is 36.2 Å². The van der Waals surface area contributed by atoms with E-state index in [4.69, 9.17) is 0 Å².